The molecule has 0 bridgehead atoms. The van der Waals surface area contributed by atoms with Gasteiger partial charge in [0.05, 0.1) is 11.8 Å². The molecule has 0 spiro atoms. The molecular formula is C13H18N4O. The number of fused-ring (bicyclic) bond motifs is 1. The fourth-order valence-electron chi connectivity index (χ4n) is 2.62. The lowest BCUT2D eigenvalue weighted by molar-refractivity contribution is 0.154. The van der Waals surface area contributed by atoms with Gasteiger partial charge < -0.3 is 20.1 Å². The monoisotopic (exact) mass is 246 g/mol. The Labute approximate surface area is 106 Å². The van der Waals surface area contributed by atoms with Gasteiger partial charge in [-0.15, -0.1) is 0 Å². The van der Waals surface area contributed by atoms with Crippen molar-refractivity contribution in [3.8, 4) is 0 Å². The molecule has 0 amide bonds. The minimum atomic E-state index is -0.255. The van der Waals surface area contributed by atoms with E-state index in [4.69, 9.17) is 5.73 Å². The molecule has 0 saturated carbocycles. The van der Waals surface area contributed by atoms with Gasteiger partial charge >= 0.3 is 0 Å². The lowest BCUT2D eigenvalue weighted by Crippen LogP contribution is -2.39. The van der Waals surface area contributed by atoms with E-state index in [0.29, 0.717) is 13.1 Å². The predicted molar refractivity (Wildman–Crippen MR) is 70.5 cm³/mol. The average Bonchev–Trinajstić information content (AvgIpc) is 2.77. The molecule has 1 saturated heterocycles. The maximum absolute atomic E-state index is 9.77. The van der Waals surface area contributed by atoms with Gasteiger partial charge in [0.25, 0.3) is 0 Å². The van der Waals surface area contributed by atoms with Crippen molar-refractivity contribution in [2.75, 3.05) is 18.0 Å². The van der Waals surface area contributed by atoms with E-state index in [9.17, 15) is 5.11 Å². The zero-order chi connectivity index (χ0) is 12.5. The normalized spacial score (nSPS) is 20.6. The number of anilines is 1. The number of aliphatic hydroxyl groups is 1. The Morgan fingerprint density at radius 2 is 2.33 bits per heavy atom. The second kappa shape index (κ2) is 4.59. The third-order valence-electron chi connectivity index (χ3n) is 3.50. The Balaban J connectivity index is 2.05. The van der Waals surface area contributed by atoms with E-state index in [1.165, 1.54) is 0 Å². The van der Waals surface area contributed by atoms with E-state index in [1.54, 1.807) is 0 Å². The number of piperidine rings is 1. The largest absolute Gasteiger partial charge is 0.391 e. The Morgan fingerprint density at radius 3 is 3.11 bits per heavy atom. The van der Waals surface area contributed by atoms with Gasteiger partial charge in [0, 0.05) is 25.8 Å². The predicted octanol–water partition coefficient (Wildman–Crippen LogP) is 0.754. The van der Waals surface area contributed by atoms with Crippen LogP contribution in [0.3, 0.4) is 0 Å². The first-order valence-corrected chi connectivity index (χ1v) is 6.38. The molecule has 5 nitrogen and oxygen atoms in total. The minimum Gasteiger partial charge on any atom is -0.391 e. The number of pyridine rings is 1. The zero-order valence-electron chi connectivity index (χ0n) is 10.3. The van der Waals surface area contributed by atoms with Gasteiger partial charge in [-0.25, -0.2) is 4.98 Å². The number of hydrogen-bond acceptors (Lipinski definition) is 4. The summed E-state index contributed by atoms with van der Waals surface area (Å²) in [6, 6.07) is 5.92. The van der Waals surface area contributed by atoms with E-state index >= 15 is 0 Å². The van der Waals surface area contributed by atoms with Crippen LogP contribution >= 0.6 is 0 Å². The molecule has 0 aromatic carbocycles. The van der Waals surface area contributed by atoms with Crippen molar-refractivity contribution in [2.45, 2.75) is 25.5 Å². The van der Waals surface area contributed by atoms with E-state index in [0.717, 1.165) is 36.5 Å². The SMILES string of the molecule is NCc1c(N2CCCC(O)C2)nc2ccccn12. The molecule has 5 heteroatoms. The summed E-state index contributed by atoms with van der Waals surface area (Å²) in [5, 5.41) is 9.77. The van der Waals surface area contributed by atoms with Gasteiger partial charge in [-0.3, -0.25) is 0 Å². The number of rotatable bonds is 2. The van der Waals surface area contributed by atoms with E-state index in [-0.39, 0.29) is 6.10 Å². The van der Waals surface area contributed by atoms with Gasteiger partial charge in [-0.1, -0.05) is 6.07 Å². The van der Waals surface area contributed by atoms with Crippen molar-refractivity contribution in [3.63, 3.8) is 0 Å². The average molecular weight is 246 g/mol. The summed E-state index contributed by atoms with van der Waals surface area (Å²) in [6.07, 6.45) is 3.60. The summed E-state index contributed by atoms with van der Waals surface area (Å²) in [7, 11) is 0. The van der Waals surface area contributed by atoms with Crippen molar-refractivity contribution in [2.24, 2.45) is 5.73 Å². The molecule has 1 aliphatic heterocycles. The first-order valence-electron chi connectivity index (χ1n) is 6.38. The van der Waals surface area contributed by atoms with Crippen LogP contribution in [0.15, 0.2) is 24.4 Å². The van der Waals surface area contributed by atoms with E-state index in [2.05, 4.69) is 9.88 Å². The molecule has 2 aromatic rings. The summed E-state index contributed by atoms with van der Waals surface area (Å²) in [5.41, 5.74) is 7.78. The molecule has 18 heavy (non-hydrogen) atoms. The van der Waals surface area contributed by atoms with Gasteiger partial charge in [0.2, 0.25) is 0 Å². The van der Waals surface area contributed by atoms with E-state index < -0.39 is 0 Å². The van der Waals surface area contributed by atoms with Crippen LogP contribution in [0.1, 0.15) is 18.5 Å². The highest BCUT2D eigenvalue weighted by molar-refractivity contribution is 5.56. The minimum absolute atomic E-state index is 0.255. The smallest absolute Gasteiger partial charge is 0.152 e. The molecule has 1 fully saturated rings. The second-order valence-electron chi connectivity index (χ2n) is 4.76. The van der Waals surface area contributed by atoms with Crippen LogP contribution in [0.5, 0.6) is 0 Å². The number of hydrogen-bond donors (Lipinski definition) is 2. The Hall–Kier alpha value is -1.59. The molecule has 1 aliphatic rings. The Bertz CT molecular complexity index is 551. The van der Waals surface area contributed by atoms with Gasteiger partial charge in [-0.05, 0) is 25.0 Å². The fraction of sp³-hybridized carbons (Fsp3) is 0.462. The van der Waals surface area contributed by atoms with Crippen LogP contribution in [0.4, 0.5) is 5.82 Å². The molecule has 1 atom stereocenters. The van der Waals surface area contributed by atoms with Crippen LogP contribution < -0.4 is 10.6 Å². The van der Waals surface area contributed by atoms with Crippen molar-refractivity contribution in [1.82, 2.24) is 9.38 Å². The molecule has 1 unspecified atom stereocenters. The Morgan fingerprint density at radius 1 is 1.44 bits per heavy atom. The Kier molecular flexibility index (Phi) is 2.93. The fourth-order valence-corrected chi connectivity index (χ4v) is 2.62. The first-order chi connectivity index (χ1) is 8.79. The van der Waals surface area contributed by atoms with E-state index in [1.807, 2.05) is 28.8 Å². The van der Waals surface area contributed by atoms with Crippen molar-refractivity contribution < 1.29 is 5.11 Å². The molecular weight excluding hydrogens is 228 g/mol. The molecule has 2 aromatic heterocycles. The highest BCUT2D eigenvalue weighted by Gasteiger charge is 2.23. The van der Waals surface area contributed by atoms with Crippen LogP contribution in [0.2, 0.25) is 0 Å². The third kappa shape index (κ3) is 1.85. The van der Waals surface area contributed by atoms with Crippen LogP contribution in [-0.2, 0) is 6.54 Å². The number of β-amino-alcohol motifs (C(OH)–C–C–N with tert-alkyl or cyclic N) is 1. The summed E-state index contributed by atoms with van der Waals surface area (Å²) in [5.74, 6) is 0.919. The second-order valence-corrected chi connectivity index (χ2v) is 4.76. The summed E-state index contributed by atoms with van der Waals surface area (Å²) in [6.45, 7) is 2.04. The number of nitrogens with two attached hydrogens (primary N) is 1. The number of imidazole rings is 1. The van der Waals surface area contributed by atoms with Crippen molar-refractivity contribution in [3.05, 3.63) is 30.1 Å². The molecule has 3 N–H and O–H groups in total. The maximum Gasteiger partial charge on any atom is 0.152 e. The topological polar surface area (TPSA) is 66.8 Å². The summed E-state index contributed by atoms with van der Waals surface area (Å²) >= 11 is 0. The molecule has 96 valence electrons. The van der Waals surface area contributed by atoms with Gasteiger partial charge in [-0.2, -0.15) is 0 Å². The zero-order valence-corrected chi connectivity index (χ0v) is 10.3. The first kappa shape index (κ1) is 11.5. The number of nitrogens with zero attached hydrogens (tertiary/aromatic N) is 3. The molecule has 3 rings (SSSR count). The summed E-state index contributed by atoms with van der Waals surface area (Å²) < 4.78 is 2.02. The highest BCUT2D eigenvalue weighted by atomic mass is 16.3. The molecule has 0 aliphatic carbocycles. The lowest BCUT2D eigenvalue weighted by atomic mass is 10.1. The van der Waals surface area contributed by atoms with Crippen molar-refractivity contribution >= 4 is 11.5 Å². The third-order valence-corrected chi connectivity index (χ3v) is 3.50. The lowest BCUT2D eigenvalue weighted by Gasteiger charge is -2.30. The van der Waals surface area contributed by atoms with Gasteiger partial charge in [0.1, 0.15) is 5.65 Å². The quantitative estimate of drug-likeness (QED) is 0.820. The number of aliphatic hydroxyl groups excluding tert-OH is 1. The highest BCUT2D eigenvalue weighted by Crippen LogP contribution is 2.24. The van der Waals surface area contributed by atoms with Crippen LogP contribution in [0.25, 0.3) is 5.65 Å². The molecule has 3 heterocycles. The summed E-state index contributed by atoms with van der Waals surface area (Å²) in [4.78, 5) is 6.78. The van der Waals surface area contributed by atoms with Crippen LogP contribution in [-0.4, -0.2) is 33.7 Å². The van der Waals surface area contributed by atoms with Gasteiger partial charge in [0.15, 0.2) is 5.82 Å². The molecule has 0 radical (unpaired) electrons. The van der Waals surface area contributed by atoms with Crippen LogP contribution in [0, 0.1) is 0 Å². The van der Waals surface area contributed by atoms with Crippen molar-refractivity contribution in [1.29, 1.82) is 0 Å². The maximum atomic E-state index is 9.77. The number of aromatic nitrogens is 2. The standard InChI is InChI=1S/C13H18N4O/c14-8-11-13(16-6-3-4-10(18)9-16)15-12-5-1-2-7-17(11)12/h1-2,5,7,10,18H,3-4,6,8-9,14H2.